The van der Waals surface area contributed by atoms with Gasteiger partial charge in [-0.3, -0.25) is 9.59 Å². The average molecular weight is 366 g/mol. The molecule has 0 aliphatic carbocycles. The molecule has 1 aliphatic rings. The van der Waals surface area contributed by atoms with E-state index in [4.69, 9.17) is 4.74 Å². The van der Waals surface area contributed by atoms with Gasteiger partial charge in [0.1, 0.15) is 11.8 Å². The largest absolute Gasteiger partial charge is 0.494 e. The summed E-state index contributed by atoms with van der Waals surface area (Å²) in [5, 5.41) is 2.95. The summed E-state index contributed by atoms with van der Waals surface area (Å²) in [6.07, 6.45) is 2.67. The molecule has 3 rings (SSSR count). The SMILES string of the molecule is O=C(NCCCOc1ccccc1)C1CCCN1C(=O)Cc1ccccc1. The number of nitrogens with zero attached hydrogens (tertiary/aromatic N) is 1. The first-order valence-electron chi connectivity index (χ1n) is 9.53. The molecular weight excluding hydrogens is 340 g/mol. The summed E-state index contributed by atoms with van der Waals surface area (Å²) in [5.74, 6) is 0.789. The molecule has 2 aromatic carbocycles. The average Bonchev–Trinajstić information content (AvgIpc) is 3.19. The summed E-state index contributed by atoms with van der Waals surface area (Å²) < 4.78 is 5.62. The first-order chi connectivity index (χ1) is 13.2. The zero-order chi connectivity index (χ0) is 18.9. The Balaban J connectivity index is 1.41. The molecule has 1 aliphatic heterocycles. The van der Waals surface area contributed by atoms with Gasteiger partial charge in [-0.05, 0) is 37.0 Å². The van der Waals surface area contributed by atoms with Gasteiger partial charge in [-0.25, -0.2) is 0 Å². The van der Waals surface area contributed by atoms with Gasteiger partial charge in [0.15, 0.2) is 0 Å². The monoisotopic (exact) mass is 366 g/mol. The van der Waals surface area contributed by atoms with Crippen molar-refractivity contribution < 1.29 is 14.3 Å². The highest BCUT2D eigenvalue weighted by molar-refractivity contribution is 5.89. The van der Waals surface area contributed by atoms with Crippen LogP contribution in [0.25, 0.3) is 0 Å². The maximum absolute atomic E-state index is 12.6. The van der Waals surface area contributed by atoms with E-state index in [0.717, 1.165) is 30.6 Å². The van der Waals surface area contributed by atoms with Crippen LogP contribution in [0.2, 0.25) is 0 Å². The molecule has 1 atom stereocenters. The molecule has 0 bridgehead atoms. The van der Waals surface area contributed by atoms with E-state index in [-0.39, 0.29) is 17.9 Å². The van der Waals surface area contributed by atoms with Crippen LogP contribution in [-0.4, -0.2) is 42.5 Å². The van der Waals surface area contributed by atoms with Gasteiger partial charge >= 0.3 is 0 Å². The highest BCUT2D eigenvalue weighted by atomic mass is 16.5. The van der Waals surface area contributed by atoms with Crippen molar-refractivity contribution >= 4 is 11.8 Å². The van der Waals surface area contributed by atoms with Crippen molar-refractivity contribution in [3.8, 4) is 5.75 Å². The first-order valence-corrected chi connectivity index (χ1v) is 9.53. The van der Waals surface area contributed by atoms with Gasteiger partial charge in [-0.15, -0.1) is 0 Å². The Bertz CT molecular complexity index is 734. The minimum atomic E-state index is -0.351. The summed E-state index contributed by atoms with van der Waals surface area (Å²) in [6, 6.07) is 18.9. The second-order valence-corrected chi connectivity index (χ2v) is 6.71. The minimum absolute atomic E-state index is 0.0197. The van der Waals surface area contributed by atoms with Crippen LogP contribution in [0.1, 0.15) is 24.8 Å². The van der Waals surface area contributed by atoms with E-state index in [1.807, 2.05) is 60.7 Å². The number of rotatable bonds is 8. The van der Waals surface area contributed by atoms with Crippen molar-refractivity contribution in [2.75, 3.05) is 19.7 Å². The lowest BCUT2D eigenvalue weighted by Gasteiger charge is -2.24. The van der Waals surface area contributed by atoms with Crippen molar-refractivity contribution in [2.24, 2.45) is 0 Å². The molecule has 5 nitrogen and oxygen atoms in total. The lowest BCUT2D eigenvalue weighted by Crippen LogP contribution is -2.46. The van der Waals surface area contributed by atoms with Crippen molar-refractivity contribution in [1.29, 1.82) is 0 Å². The molecule has 1 fully saturated rings. The number of hydrogen-bond acceptors (Lipinski definition) is 3. The second kappa shape index (κ2) is 9.76. The first kappa shape index (κ1) is 19.0. The lowest BCUT2D eigenvalue weighted by atomic mass is 10.1. The summed E-state index contributed by atoms with van der Waals surface area (Å²) >= 11 is 0. The molecule has 0 spiro atoms. The van der Waals surface area contributed by atoms with E-state index in [9.17, 15) is 9.59 Å². The van der Waals surface area contributed by atoms with Crippen LogP contribution >= 0.6 is 0 Å². The molecule has 2 aromatic rings. The standard InChI is InChI=1S/C22H26N2O3/c25-21(17-18-9-3-1-4-10-18)24-15-7-13-20(24)22(26)23-14-8-16-27-19-11-5-2-6-12-19/h1-6,9-12,20H,7-8,13-17H2,(H,23,26). The fourth-order valence-corrected chi connectivity index (χ4v) is 3.32. The van der Waals surface area contributed by atoms with E-state index in [1.165, 1.54) is 0 Å². The molecule has 0 radical (unpaired) electrons. The molecule has 1 heterocycles. The third kappa shape index (κ3) is 5.58. The topological polar surface area (TPSA) is 58.6 Å². The number of carbonyl (C=O) groups is 2. The number of hydrogen-bond donors (Lipinski definition) is 1. The minimum Gasteiger partial charge on any atom is -0.494 e. The Morgan fingerprint density at radius 1 is 1.04 bits per heavy atom. The van der Waals surface area contributed by atoms with Gasteiger partial charge in [0.2, 0.25) is 11.8 Å². The molecule has 27 heavy (non-hydrogen) atoms. The highest BCUT2D eigenvalue weighted by Crippen LogP contribution is 2.19. The number of amides is 2. The van der Waals surface area contributed by atoms with Gasteiger partial charge in [-0.2, -0.15) is 0 Å². The van der Waals surface area contributed by atoms with Crippen molar-refractivity contribution in [3.63, 3.8) is 0 Å². The van der Waals surface area contributed by atoms with Crippen LogP contribution < -0.4 is 10.1 Å². The Morgan fingerprint density at radius 3 is 2.48 bits per heavy atom. The molecule has 0 aromatic heterocycles. The smallest absolute Gasteiger partial charge is 0.242 e. The molecule has 0 saturated carbocycles. The van der Waals surface area contributed by atoms with Crippen LogP contribution in [0.5, 0.6) is 5.75 Å². The van der Waals surface area contributed by atoms with Crippen LogP contribution in [0.3, 0.4) is 0 Å². The van der Waals surface area contributed by atoms with Gasteiger partial charge < -0.3 is 15.0 Å². The molecule has 1 saturated heterocycles. The van der Waals surface area contributed by atoms with E-state index >= 15 is 0 Å². The third-order valence-corrected chi connectivity index (χ3v) is 4.71. The van der Waals surface area contributed by atoms with Gasteiger partial charge in [0.25, 0.3) is 0 Å². The maximum Gasteiger partial charge on any atom is 0.242 e. The number of ether oxygens (including phenoxy) is 1. The molecule has 1 unspecified atom stereocenters. The van der Waals surface area contributed by atoms with Crippen molar-refractivity contribution in [1.82, 2.24) is 10.2 Å². The van der Waals surface area contributed by atoms with Crippen LogP contribution in [0.4, 0.5) is 0 Å². The Morgan fingerprint density at radius 2 is 1.74 bits per heavy atom. The number of benzene rings is 2. The normalized spacial score (nSPS) is 16.1. The summed E-state index contributed by atoms with van der Waals surface area (Å²) in [7, 11) is 0. The third-order valence-electron chi connectivity index (χ3n) is 4.71. The number of para-hydroxylation sites is 1. The number of nitrogens with one attached hydrogen (secondary N) is 1. The predicted octanol–water partition coefficient (Wildman–Crippen LogP) is 2.81. The fourth-order valence-electron chi connectivity index (χ4n) is 3.32. The van der Waals surface area contributed by atoms with E-state index in [1.54, 1.807) is 4.90 Å². The van der Waals surface area contributed by atoms with E-state index in [0.29, 0.717) is 26.1 Å². The summed E-state index contributed by atoms with van der Waals surface area (Å²) in [5.41, 5.74) is 0.978. The van der Waals surface area contributed by atoms with Crippen LogP contribution in [-0.2, 0) is 16.0 Å². The number of likely N-dealkylation sites (tertiary alicyclic amines) is 1. The summed E-state index contributed by atoms with van der Waals surface area (Å²) in [4.78, 5) is 26.8. The Hall–Kier alpha value is -2.82. The second-order valence-electron chi connectivity index (χ2n) is 6.71. The molecule has 2 amide bonds. The summed E-state index contributed by atoms with van der Waals surface area (Å²) in [6.45, 7) is 1.75. The van der Waals surface area contributed by atoms with Gasteiger partial charge in [0.05, 0.1) is 13.0 Å². The van der Waals surface area contributed by atoms with Crippen molar-refractivity contribution in [3.05, 3.63) is 66.2 Å². The van der Waals surface area contributed by atoms with Crippen LogP contribution in [0.15, 0.2) is 60.7 Å². The maximum atomic E-state index is 12.6. The molecule has 142 valence electrons. The Labute approximate surface area is 160 Å². The fraction of sp³-hybridized carbons (Fsp3) is 0.364. The molecular formula is C22H26N2O3. The van der Waals surface area contributed by atoms with Crippen LogP contribution in [0, 0.1) is 0 Å². The van der Waals surface area contributed by atoms with Crippen molar-refractivity contribution in [2.45, 2.75) is 31.7 Å². The van der Waals surface area contributed by atoms with Gasteiger partial charge in [0, 0.05) is 13.1 Å². The Kier molecular flexibility index (Phi) is 6.85. The zero-order valence-electron chi connectivity index (χ0n) is 15.5. The lowest BCUT2D eigenvalue weighted by molar-refractivity contribution is -0.137. The van der Waals surface area contributed by atoms with E-state index in [2.05, 4.69) is 5.32 Å². The highest BCUT2D eigenvalue weighted by Gasteiger charge is 2.33. The van der Waals surface area contributed by atoms with Gasteiger partial charge in [-0.1, -0.05) is 48.5 Å². The van der Waals surface area contributed by atoms with E-state index < -0.39 is 0 Å². The quantitative estimate of drug-likeness (QED) is 0.731. The zero-order valence-corrected chi connectivity index (χ0v) is 15.5. The molecule has 5 heteroatoms. The predicted molar refractivity (Wildman–Crippen MR) is 104 cm³/mol. The number of carbonyl (C=O) groups excluding carboxylic acids is 2. The molecule has 1 N–H and O–H groups in total.